The maximum atomic E-state index is 11.8. The van der Waals surface area contributed by atoms with Crippen LogP contribution in [0.15, 0.2) is 80.6 Å². The molecular formula is C78H109Br10ClN8O15. The van der Waals surface area contributed by atoms with Crippen molar-refractivity contribution in [2.75, 3.05) is 52.9 Å². The van der Waals surface area contributed by atoms with Gasteiger partial charge in [0.2, 0.25) is 52.5 Å². The lowest BCUT2D eigenvalue weighted by molar-refractivity contribution is -0.137. The molecule has 4 aliphatic heterocycles. The smallest absolute Gasteiger partial charge is 0.320 e. The van der Waals surface area contributed by atoms with Crippen LogP contribution in [0.3, 0.4) is 0 Å². The molecule has 0 saturated heterocycles. The van der Waals surface area contributed by atoms with Gasteiger partial charge < -0.3 is 65.7 Å². The van der Waals surface area contributed by atoms with Crippen molar-refractivity contribution in [1.29, 1.82) is 0 Å². The molecule has 628 valence electrons. The zero-order valence-electron chi connectivity index (χ0n) is 64.7. The molecule has 2 unspecified atom stereocenters. The second-order valence-electron chi connectivity index (χ2n) is 32.3. The first-order valence-corrected chi connectivity index (χ1v) is 46.6. The van der Waals surface area contributed by atoms with E-state index in [-0.39, 0.29) is 124 Å². The first-order chi connectivity index (χ1) is 52.3. The number of halogens is 11. The number of carboxylic acid groups (broad SMARTS) is 1. The summed E-state index contributed by atoms with van der Waals surface area (Å²) in [6.45, 7) is 18.6. The number of aliphatic hydroxyl groups is 4. The van der Waals surface area contributed by atoms with Crippen LogP contribution in [0.25, 0.3) is 0 Å². The van der Waals surface area contributed by atoms with Gasteiger partial charge in [-0.25, -0.2) is 20.0 Å². The number of carbonyl (C=O) groups excluding carboxylic acids is 5. The normalized spacial score (nSPS) is 25.4. The van der Waals surface area contributed by atoms with Crippen LogP contribution in [0.4, 0.5) is 0 Å². The number of alkyl halides is 10. The molecule has 0 bridgehead atoms. The van der Waals surface area contributed by atoms with E-state index in [9.17, 15) is 33.9 Å². The van der Waals surface area contributed by atoms with Gasteiger partial charge in [0.15, 0.2) is 0 Å². The Morgan fingerprint density at radius 1 is 0.509 bits per heavy atom. The molecule has 6 atom stereocenters. The Morgan fingerprint density at radius 3 is 1.26 bits per heavy atom. The summed E-state index contributed by atoms with van der Waals surface area (Å²) in [6.07, 6.45) is 21.7. The van der Waals surface area contributed by atoms with Crippen LogP contribution in [-0.4, -0.2) is 215 Å². The largest absolute Gasteiger partial charge is 0.480 e. The summed E-state index contributed by atoms with van der Waals surface area (Å²) in [7, 11) is 0. The number of rotatable bonds is 22. The molecule has 10 aliphatic carbocycles. The van der Waals surface area contributed by atoms with Crippen LogP contribution in [0.1, 0.15) is 220 Å². The Morgan fingerprint density at radius 2 is 0.920 bits per heavy atom. The van der Waals surface area contributed by atoms with E-state index in [1.54, 1.807) is 20.8 Å². The fourth-order valence-electron chi connectivity index (χ4n) is 9.80. The predicted octanol–water partition coefficient (Wildman–Crippen LogP) is 15.5. The maximum Gasteiger partial charge on any atom is 0.320 e. The van der Waals surface area contributed by atoms with Crippen LogP contribution in [0.5, 0.6) is 0 Å². The number of hydrogen-bond donors (Lipinski definition) is 9. The first kappa shape index (κ1) is 97.4. The number of aliphatic carboxylic acids is 1. The minimum absolute atomic E-state index is 0.000880. The van der Waals surface area contributed by atoms with Crippen LogP contribution >= 0.6 is 171 Å². The highest BCUT2D eigenvalue weighted by Gasteiger charge is 2.55. The standard InChI is InChI=1S/C12H14BrNO2.C12H12BrNO.2C8H14BrNO2.2C8H12BrNO.C7H12BrNO2.C7H10BrNO.C4H4BrClO.C4H5BrO2/c13-12(6-7-12)11(16)14-10(8-15)9-4-2-1-3-5-9;13-12(6-7-12)11-14-10(8-15-11)9-4-2-1-3-5-9;1-7(2,5-11)10-6(12)8(9)3-4-8;1-2-6(5-11)10-7(12)8(9)3-4-8;1-7(2)5-11-6(10-7)8(9)3-4-8;1-2-6-5-11-7(10-6)8(9)3-4-8;1-5(4-10)9-6(11)7(8)2-3-7;1-5-4-10-6(9-5)7(8)2-3-7;2*5-4(1-2-4)3(6)7/h1-5,10,15H,6-8H2,(H,14,16);1-5,10H,6-8H2;11H,3-5H2,1-2H3,(H,10,12);6,11H,2-5H2,1H3,(H,10,12);3-5H2,1-2H3;6H,2-5H2,1H3;5,10H,2-4H2,1H3,(H,9,11);5H,2-4H2,1H3;1-2H2;1-2H2,(H,6,7)/t2*10-;;6-;;6-;;;;/m00.1.1..../s1. The number of nitrogens with zero attached hydrogens (tertiary/aromatic N) is 4. The molecule has 2 aromatic carbocycles. The number of aliphatic imine (C=N–C) groups is 4. The third-order valence-corrected chi connectivity index (χ3v) is 31.8. The molecule has 2 aromatic rings. The molecule has 0 radical (unpaired) electrons. The third kappa shape index (κ3) is 31.1. The Kier molecular flexibility index (Phi) is 35.8. The number of amides is 4. The Balaban J connectivity index is 0.000000174. The topological polar surface area (TPSA) is 338 Å². The second kappa shape index (κ2) is 41.2. The van der Waals surface area contributed by atoms with Gasteiger partial charge in [0, 0.05) is 6.04 Å². The summed E-state index contributed by atoms with van der Waals surface area (Å²) in [4.78, 5) is 84.1. The molecule has 4 amide bonds. The monoisotopic (exact) mass is 2220 g/mol. The van der Waals surface area contributed by atoms with E-state index >= 15 is 0 Å². The van der Waals surface area contributed by atoms with Gasteiger partial charge in [-0.2, -0.15) is 0 Å². The van der Waals surface area contributed by atoms with E-state index in [1.807, 2.05) is 55.5 Å². The number of benzene rings is 2. The number of carboxylic acids is 1. The predicted molar refractivity (Wildman–Crippen MR) is 475 cm³/mol. The molecule has 14 aliphatic rings. The van der Waals surface area contributed by atoms with Crippen LogP contribution in [0, 0.1) is 0 Å². The number of aliphatic hydroxyl groups excluding tert-OH is 4. The van der Waals surface area contributed by atoms with E-state index in [4.69, 9.17) is 51.0 Å². The fourth-order valence-corrected chi connectivity index (χ4v) is 13.3. The zero-order valence-corrected chi connectivity index (χ0v) is 81.3. The summed E-state index contributed by atoms with van der Waals surface area (Å²) in [5.41, 5.74) is 1.65. The molecule has 0 aromatic heterocycles. The van der Waals surface area contributed by atoms with Gasteiger partial charge in [0.05, 0.1) is 66.0 Å². The summed E-state index contributed by atoms with van der Waals surface area (Å²) in [5, 5.41) is 54.8. The highest BCUT2D eigenvalue weighted by molar-refractivity contribution is 9.12. The Bertz CT molecular complexity index is 3630. The minimum atomic E-state index is -0.729. The Hall–Kier alpha value is -1.73. The third-order valence-electron chi connectivity index (χ3n) is 19.8. The molecule has 4 heterocycles. The summed E-state index contributed by atoms with van der Waals surface area (Å²) >= 11 is 39.2. The zero-order chi connectivity index (χ0) is 83.2. The summed E-state index contributed by atoms with van der Waals surface area (Å²) in [6, 6.07) is 20.2. The van der Waals surface area contributed by atoms with Crippen molar-refractivity contribution >= 4 is 229 Å². The van der Waals surface area contributed by atoms with Crippen molar-refractivity contribution in [2.45, 2.75) is 287 Å². The highest BCUT2D eigenvalue weighted by Crippen LogP contribution is 2.52. The molecule has 0 spiro atoms. The average Bonchev–Trinajstić information content (AvgIpc) is 1.63. The molecule has 34 heteroatoms. The number of carbonyl (C=O) groups is 6. The lowest BCUT2D eigenvalue weighted by Gasteiger charge is -2.24. The molecule has 112 heavy (non-hydrogen) atoms. The number of ether oxygens (including phenoxy) is 4. The average molecular weight is 2230 g/mol. The van der Waals surface area contributed by atoms with E-state index in [0.717, 1.165) is 152 Å². The number of nitrogens with one attached hydrogen (secondary N) is 4. The fraction of sp³-hybridized carbons (Fsp3) is 0.718. The minimum Gasteiger partial charge on any atom is -0.480 e. The van der Waals surface area contributed by atoms with Crippen molar-refractivity contribution in [1.82, 2.24) is 21.3 Å². The SMILES string of the molecule is BrC1(C2=N[C@H](c3ccccc3)CO2)CC1.CC(C)(CO)NC(=O)C1(Br)CC1.CC(CO)NC(=O)C1(Br)CC1.CC1(C)COC(C2(Br)CC2)=N1.CC1COC(C2(Br)CC2)=N1.CC[C@@H]1COC(C2(Br)CC2)=N1.CC[C@H](CO)NC(=O)C1(Br)CC1.O=C(Cl)C1(Br)CC1.O=C(N[C@@H](CO)c1ccccc1)C1(Br)CC1.O=C(O)C1(Br)CC1. The molecule has 9 N–H and O–H groups in total. The summed E-state index contributed by atoms with van der Waals surface area (Å²) < 4.78 is 20.4. The maximum absolute atomic E-state index is 11.8. The van der Waals surface area contributed by atoms with Gasteiger partial charge in [-0.1, -0.05) is 234 Å². The highest BCUT2D eigenvalue weighted by atomic mass is 79.9. The van der Waals surface area contributed by atoms with E-state index in [2.05, 4.69) is 240 Å². The molecule has 16 rings (SSSR count). The molecule has 10 fully saturated rings. The van der Waals surface area contributed by atoms with Crippen molar-refractivity contribution < 1.29 is 73.2 Å². The quantitative estimate of drug-likeness (QED) is 0.0391. The van der Waals surface area contributed by atoms with Crippen molar-refractivity contribution in [3.63, 3.8) is 0 Å². The van der Waals surface area contributed by atoms with Gasteiger partial charge >= 0.3 is 5.97 Å². The van der Waals surface area contributed by atoms with Crippen molar-refractivity contribution in [2.24, 2.45) is 20.0 Å². The summed E-state index contributed by atoms with van der Waals surface area (Å²) in [5.74, 6) is 2.94. The van der Waals surface area contributed by atoms with E-state index < -0.39 is 15.8 Å². The Labute approximate surface area is 748 Å². The van der Waals surface area contributed by atoms with E-state index in [0.29, 0.717) is 18.7 Å². The van der Waals surface area contributed by atoms with Crippen LogP contribution < -0.4 is 21.3 Å². The van der Waals surface area contributed by atoms with Crippen LogP contribution in [0.2, 0.25) is 0 Å². The van der Waals surface area contributed by atoms with Gasteiger partial charge in [0.1, 0.15) is 71.4 Å². The van der Waals surface area contributed by atoms with Crippen molar-refractivity contribution in [3.8, 4) is 0 Å². The molecule has 10 saturated carbocycles. The van der Waals surface area contributed by atoms with Gasteiger partial charge in [0.25, 0.3) is 0 Å². The lowest BCUT2D eigenvalue weighted by Crippen LogP contribution is -2.49. The van der Waals surface area contributed by atoms with Gasteiger partial charge in [-0.3, -0.25) is 28.8 Å². The first-order valence-electron chi connectivity index (χ1n) is 38.3. The second-order valence-corrected chi connectivity index (χ2v) is 47.8. The van der Waals surface area contributed by atoms with E-state index in [1.165, 1.54) is 44.1 Å². The van der Waals surface area contributed by atoms with Gasteiger partial charge in [-0.05, 0) is 206 Å². The van der Waals surface area contributed by atoms with Crippen LogP contribution in [-0.2, 0) is 47.7 Å². The lowest BCUT2D eigenvalue weighted by atomic mass is 10.1. The molecular weight excluding hydrogens is 2120 g/mol. The number of hydrogen-bond acceptors (Lipinski definition) is 18. The molecule has 23 nitrogen and oxygen atoms in total. The van der Waals surface area contributed by atoms with Gasteiger partial charge in [-0.15, -0.1) is 0 Å². The van der Waals surface area contributed by atoms with Crippen molar-refractivity contribution in [3.05, 3.63) is 71.8 Å².